The SMILES string of the molecule is Cc1ccc(CC(C(=O)O)c2ncc(I)cn2)cc1. The van der Waals surface area contributed by atoms with E-state index in [1.165, 1.54) is 0 Å². The lowest BCUT2D eigenvalue weighted by Crippen LogP contribution is -2.17. The molecular formula is C14H13IN2O2. The van der Waals surface area contributed by atoms with E-state index >= 15 is 0 Å². The number of carbonyl (C=O) groups is 1. The van der Waals surface area contributed by atoms with E-state index in [0.717, 1.165) is 14.7 Å². The fourth-order valence-corrected chi connectivity index (χ4v) is 2.03. The highest BCUT2D eigenvalue weighted by Crippen LogP contribution is 2.18. The Morgan fingerprint density at radius 3 is 2.37 bits per heavy atom. The highest BCUT2D eigenvalue weighted by atomic mass is 127. The van der Waals surface area contributed by atoms with Crippen LogP contribution in [0.15, 0.2) is 36.7 Å². The van der Waals surface area contributed by atoms with E-state index in [9.17, 15) is 9.90 Å². The summed E-state index contributed by atoms with van der Waals surface area (Å²) in [5.74, 6) is -1.25. The number of hydrogen-bond acceptors (Lipinski definition) is 3. The van der Waals surface area contributed by atoms with Crippen molar-refractivity contribution in [3.63, 3.8) is 0 Å². The average molecular weight is 368 g/mol. The Labute approximate surface area is 125 Å². The number of carboxylic acids is 1. The van der Waals surface area contributed by atoms with E-state index in [2.05, 4.69) is 32.6 Å². The monoisotopic (exact) mass is 368 g/mol. The van der Waals surface area contributed by atoms with Gasteiger partial charge >= 0.3 is 5.97 Å². The third-order valence-corrected chi connectivity index (χ3v) is 3.37. The second-order valence-corrected chi connectivity index (χ2v) is 5.59. The molecule has 0 saturated heterocycles. The minimum Gasteiger partial charge on any atom is -0.481 e. The van der Waals surface area contributed by atoms with Gasteiger partial charge in [-0.2, -0.15) is 0 Å². The van der Waals surface area contributed by atoms with Crippen molar-refractivity contribution in [2.75, 3.05) is 0 Å². The quantitative estimate of drug-likeness (QED) is 0.844. The molecule has 0 amide bonds. The van der Waals surface area contributed by atoms with Crippen LogP contribution in [0.1, 0.15) is 22.9 Å². The zero-order chi connectivity index (χ0) is 13.8. The van der Waals surface area contributed by atoms with Crippen molar-refractivity contribution in [2.45, 2.75) is 19.3 Å². The fourth-order valence-electron chi connectivity index (χ4n) is 1.75. The molecule has 1 aromatic carbocycles. The van der Waals surface area contributed by atoms with Crippen LogP contribution in [0.2, 0.25) is 0 Å². The highest BCUT2D eigenvalue weighted by molar-refractivity contribution is 14.1. The zero-order valence-electron chi connectivity index (χ0n) is 10.4. The van der Waals surface area contributed by atoms with Crippen LogP contribution < -0.4 is 0 Å². The van der Waals surface area contributed by atoms with Crippen molar-refractivity contribution in [3.8, 4) is 0 Å². The molecule has 0 aliphatic heterocycles. The van der Waals surface area contributed by atoms with E-state index in [1.54, 1.807) is 12.4 Å². The van der Waals surface area contributed by atoms with Gasteiger partial charge in [0.25, 0.3) is 0 Å². The van der Waals surface area contributed by atoms with Crippen LogP contribution in [0.5, 0.6) is 0 Å². The molecule has 2 rings (SSSR count). The molecule has 1 N–H and O–H groups in total. The molecule has 0 fully saturated rings. The van der Waals surface area contributed by atoms with Gasteiger partial charge in [0.2, 0.25) is 0 Å². The maximum Gasteiger partial charge on any atom is 0.314 e. The number of halogens is 1. The molecular weight excluding hydrogens is 355 g/mol. The van der Waals surface area contributed by atoms with Gasteiger partial charge in [0, 0.05) is 16.0 Å². The van der Waals surface area contributed by atoms with Crippen LogP contribution in [-0.2, 0) is 11.2 Å². The minimum absolute atomic E-state index is 0.355. The summed E-state index contributed by atoms with van der Waals surface area (Å²) >= 11 is 2.09. The second kappa shape index (κ2) is 6.10. The number of hydrogen-bond donors (Lipinski definition) is 1. The van der Waals surface area contributed by atoms with Crippen LogP contribution in [0, 0.1) is 10.5 Å². The van der Waals surface area contributed by atoms with Gasteiger partial charge in [-0.3, -0.25) is 4.79 Å². The lowest BCUT2D eigenvalue weighted by molar-refractivity contribution is -0.139. The summed E-state index contributed by atoms with van der Waals surface area (Å²) in [6.07, 6.45) is 3.66. The van der Waals surface area contributed by atoms with E-state index in [-0.39, 0.29) is 0 Å². The lowest BCUT2D eigenvalue weighted by Gasteiger charge is -2.11. The van der Waals surface area contributed by atoms with Crippen LogP contribution in [-0.4, -0.2) is 21.0 Å². The number of aromatic nitrogens is 2. The molecule has 4 nitrogen and oxygen atoms in total. The largest absolute Gasteiger partial charge is 0.481 e. The molecule has 1 aromatic heterocycles. The molecule has 0 spiro atoms. The Morgan fingerprint density at radius 2 is 1.84 bits per heavy atom. The number of benzene rings is 1. The van der Waals surface area contributed by atoms with Gasteiger partial charge in [-0.25, -0.2) is 9.97 Å². The summed E-state index contributed by atoms with van der Waals surface area (Å²) in [7, 11) is 0. The van der Waals surface area contributed by atoms with Crippen LogP contribution >= 0.6 is 22.6 Å². The van der Waals surface area contributed by atoms with Crippen molar-refractivity contribution in [1.29, 1.82) is 0 Å². The van der Waals surface area contributed by atoms with E-state index in [4.69, 9.17) is 0 Å². The molecule has 0 aliphatic carbocycles. The molecule has 0 bridgehead atoms. The Balaban J connectivity index is 2.23. The summed E-state index contributed by atoms with van der Waals surface area (Å²) < 4.78 is 0.890. The Morgan fingerprint density at radius 1 is 1.26 bits per heavy atom. The number of nitrogens with zero attached hydrogens (tertiary/aromatic N) is 2. The number of rotatable bonds is 4. The third-order valence-electron chi connectivity index (χ3n) is 2.81. The zero-order valence-corrected chi connectivity index (χ0v) is 12.5. The fraction of sp³-hybridized carbons (Fsp3) is 0.214. The molecule has 0 radical (unpaired) electrons. The van der Waals surface area contributed by atoms with Crippen molar-refractivity contribution in [1.82, 2.24) is 9.97 Å². The molecule has 19 heavy (non-hydrogen) atoms. The van der Waals surface area contributed by atoms with Gasteiger partial charge in [-0.1, -0.05) is 29.8 Å². The molecule has 1 unspecified atom stereocenters. The minimum atomic E-state index is -0.901. The summed E-state index contributed by atoms with van der Waals surface area (Å²) in [4.78, 5) is 19.6. The summed E-state index contributed by atoms with van der Waals surface area (Å²) in [6, 6.07) is 7.84. The summed E-state index contributed by atoms with van der Waals surface area (Å²) in [6.45, 7) is 2.00. The maximum absolute atomic E-state index is 11.4. The van der Waals surface area contributed by atoms with E-state index in [0.29, 0.717) is 12.2 Å². The topological polar surface area (TPSA) is 63.1 Å². The van der Waals surface area contributed by atoms with Gasteiger partial charge in [0.15, 0.2) is 0 Å². The molecule has 5 heteroatoms. The first-order valence-corrected chi connectivity index (χ1v) is 6.90. The first-order chi connectivity index (χ1) is 9.06. The molecule has 98 valence electrons. The number of aliphatic carboxylic acids is 1. The summed E-state index contributed by atoms with van der Waals surface area (Å²) in [5, 5.41) is 9.33. The standard InChI is InChI=1S/C14H13IN2O2/c1-9-2-4-10(5-3-9)6-12(14(18)19)13-16-7-11(15)8-17-13/h2-5,7-8,12H,6H2,1H3,(H,18,19). The lowest BCUT2D eigenvalue weighted by atomic mass is 9.98. The van der Waals surface area contributed by atoms with E-state index in [1.807, 2.05) is 31.2 Å². The first-order valence-electron chi connectivity index (χ1n) is 5.82. The normalized spacial score (nSPS) is 12.1. The predicted molar refractivity (Wildman–Crippen MR) is 80.0 cm³/mol. The molecule has 1 atom stereocenters. The smallest absolute Gasteiger partial charge is 0.314 e. The molecule has 1 heterocycles. The van der Waals surface area contributed by atoms with Crippen LogP contribution in [0.25, 0.3) is 0 Å². The first kappa shape index (κ1) is 13.9. The van der Waals surface area contributed by atoms with Gasteiger partial charge in [0.05, 0.1) is 0 Å². The van der Waals surface area contributed by atoms with Gasteiger partial charge in [-0.05, 0) is 41.5 Å². The summed E-state index contributed by atoms with van der Waals surface area (Å²) in [5.41, 5.74) is 2.13. The van der Waals surface area contributed by atoms with Crippen molar-refractivity contribution in [2.24, 2.45) is 0 Å². The van der Waals surface area contributed by atoms with Crippen LogP contribution in [0.4, 0.5) is 0 Å². The predicted octanol–water partition coefficient (Wildman–Crippen LogP) is 2.80. The maximum atomic E-state index is 11.4. The van der Waals surface area contributed by atoms with Crippen molar-refractivity contribution < 1.29 is 9.90 Å². The van der Waals surface area contributed by atoms with Crippen molar-refractivity contribution in [3.05, 3.63) is 57.2 Å². The number of aryl methyl sites for hydroxylation is 1. The van der Waals surface area contributed by atoms with Gasteiger partial charge in [-0.15, -0.1) is 0 Å². The molecule has 2 aromatic rings. The Bertz CT molecular complexity index is 567. The molecule has 0 aliphatic rings. The molecule has 0 saturated carbocycles. The highest BCUT2D eigenvalue weighted by Gasteiger charge is 2.23. The van der Waals surface area contributed by atoms with Gasteiger partial charge < -0.3 is 5.11 Å². The Hall–Kier alpha value is -1.50. The van der Waals surface area contributed by atoms with Crippen molar-refractivity contribution >= 4 is 28.6 Å². The average Bonchev–Trinajstić information content (AvgIpc) is 2.39. The third kappa shape index (κ3) is 3.73. The number of carboxylic acid groups (broad SMARTS) is 1. The van der Waals surface area contributed by atoms with Crippen LogP contribution in [0.3, 0.4) is 0 Å². The van der Waals surface area contributed by atoms with E-state index < -0.39 is 11.9 Å². The second-order valence-electron chi connectivity index (χ2n) is 4.34. The van der Waals surface area contributed by atoms with Gasteiger partial charge in [0.1, 0.15) is 11.7 Å². The Kier molecular flexibility index (Phi) is 4.47.